The lowest BCUT2D eigenvalue weighted by molar-refractivity contribution is -0.0167. The zero-order chi connectivity index (χ0) is 22.6. The van der Waals surface area contributed by atoms with E-state index in [1.807, 2.05) is 11.0 Å². The van der Waals surface area contributed by atoms with Crippen molar-refractivity contribution in [3.63, 3.8) is 0 Å². The van der Waals surface area contributed by atoms with E-state index in [1.165, 1.54) is 37.7 Å². The summed E-state index contributed by atoms with van der Waals surface area (Å²) in [4.78, 5) is 15.1. The molecule has 1 aliphatic carbocycles. The number of hydrogen-bond donors (Lipinski definition) is 2. The van der Waals surface area contributed by atoms with E-state index in [0.717, 1.165) is 38.8 Å². The van der Waals surface area contributed by atoms with Gasteiger partial charge in [-0.05, 0) is 37.2 Å². The van der Waals surface area contributed by atoms with Gasteiger partial charge in [0, 0.05) is 51.9 Å². The van der Waals surface area contributed by atoms with E-state index in [1.54, 1.807) is 7.11 Å². The van der Waals surface area contributed by atoms with Gasteiger partial charge in [-0.25, -0.2) is 4.79 Å². The number of urea groups is 1. The highest BCUT2D eigenvalue weighted by Crippen LogP contribution is 2.33. The van der Waals surface area contributed by atoms with Crippen LogP contribution in [0, 0.1) is 11.8 Å². The number of nitrogens with zero attached hydrogens (tertiary/aromatic N) is 1. The van der Waals surface area contributed by atoms with Gasteiger partial charge in [-0.2, -0.15) is 0 Å². The zero-order valence-corrected chi connectivity index (χ0v) is 19.8. The molecule has 32 heavy (non-hydrogen) atoms. The summed E-state index contributed by atoms with van der Waals surface area (Å²) < 4.78 is 11.5. The number of piperidine rings is 1. The van der Waals surface area contributed by atoms with Crippen LogP contribution in [0.1, 0.15) is 69.5 Å². The third-order valence-electron chi connectivity index (χ3n) is 7.05. The summed E-state index contributed by atoms with van der Waals surface area (Å²) in [5.41, 5.74) is 7.22. The number of carbonyl (C=O) groups excluding carboxylic acids is 1. The summed E-state index contributed by atoms with van der Waals surface area (Å²) in [6.45, 7) is 3.38. The molecule has 3 N–H and O–H groups in total. The van der Waals surface area contributed by atoms with Crippen molar-refractivity contribution in [1.82, 2.24) is 10.2 Å². The van der Waals surface area contributed by atoms with Crippen LogP contribution in [0.5, 0.6) is 0 Å². The van der Waals surface area contributed by atoms with Gasteiger partial charge in [-0.3, -0.25) is 0 Å². The molecule has 1 aromatic carbocycles. The fourth-order valence-corrected chi connectivity index (χ4v) is 5.31. The van der Waals surface area contributed by atoms with Gasteiger partial charge in [-0.1, -0.05) is 62.4 Å². The molecule has 0 aromatic heterocycles. The number of rotatable bonds is 11. The van der Waals surface area contributed by atoms with Crippen LogP contribution < -0.4 is 11.1 Å². The fourth-order valence-electron chi connectivity index (χ4n) is 5.31. The number of nitrogens with one attached hydrogen (secondary N) is 1. The topological polar surface area (TPSA) is 76.8 Å². The second kappa shape index (κ2) is 13.8. The Morgan fingerprint density at radius 1 is 1.12 bits per heavy atom. The van der Waals surface area contributed by atoms with Crippen molar-refractivity contribution >= 4 is 6.03 Å². The number of carbonyl (C=O) groups is 1. The lowest BCUT2D eigenvalue weighted by Crippen LogP contribution is -2.51. The van der Waals surface area contributed by atoms with Crippen LogP contribution in [0.2, 0.25) is 0 Å². The van der Waals surface area contributed by atoms with Crippen LogP contribution >= 0.6 is 0 Å². The van der Waals surface area contributed by atoms with Crippen molar-refractivity contribution in [2.24, 2.45) is 17.6 Å². The van der Waals surface area contributed by atoms with Gasteiger partial charge < -0.3 is 25.4 Å². The highest BCUT2D eigenvalue weighted by Gasteiger charge is 2.32. The maximum absolute atomic E-state index is 13.1. The SMILES string of the molecule is COCCCO[C@@H](c1ccccc1)[C@@H]1CCCN(C(=O)NC(CN)CC2CCCCC2)C1. The maximum Gasteiger partial charge on any atom is 0.317 e. The van der Waals surface area contributed by atoms with Crippen molar-refractivity contribution in [3.05, 3.63) is 35.9 Å². The predicted octanol–water partition coefficient (Wildman–Crippen LogP) is 4.50. The summed E-state index contributed by atoms with van der Waals surface area (Å²) in [5.74, 6) is 0.990. The Labute approximate surface area is 194 Å². The first-order valence-electron chi connectivity index (χ1n) is 12.6. The summed E-state index contributed by atoms with van der Waals surface area (Å²) in [6.07, 6.45) is 10.5. The standard InChI is InChI=1S/C26H43N3O3/c1-31-16-9-17-32-25(22-12-6-3-7-13-22)23-14-8-15-29(20-23)26(30)28-24(19-27)18-21-10-4-2-5-11-21/h3,6-7,12-13,21,23-25H,2,4-5,8-11,14-20,27H2,1H3,(H,28,30)/t23-,24?,25+/m1/s1. The van der Waals surface area contributed by atoms with Crippen molar-refractivity contribution in [1.29, 1.82) is 0 Å². The molecule has 3 atom stereocenters. The lowest BCUT2D eigenvalue weighted by atomic mass is 9.85. The minimum Gasteiger partial charge on any atom is -0.385 e. The van der Waals surface area contributed by atoms with Gasteiger partial charge in [0.05, 0.1) is 6.10 Å². The van der Waals surface area contributed by atoms with Crippen LogP contribution in [-0.2, 0) is 9.47 Å². The van der Waals surface area contributed by atoms with E-state index >= 15 is 0 Å². The molecular formula is C26H43N3O3. The second-order valence-electron chi connectivity index (χ2n) is 9.52. The van der Waals surface area contributed by atoms with Gasteiger partial charge in [-0.15, -0.1) is 0 Å². The van der Waals surface area contributed by atoms with Crippen LogP contribution in [0.3, 0.4) is 0 Å². The average Bonchev–Trinajstić information content (AvgIpc) is 2.85. The normalized spacial score (nSPS) is 21.8. The molecule has 1 unspecified atom stereocenters. The summed E-state index contributed by atoms with van der Waals surface area (Å²) >= 11 is 0. The molecule has 6 heteroatoms. The molecule has 3 rings (SSSR count). The molecule has 0 spiro atoms. The molecule has 1 saturated heterocycles. The quantitative estimate of drug-likeness (QED) is 0.492. The third kappa shape index (κ3) is 7.75. The molecule has 1 aromatic rings. The highest BCUT2D eigenvalue weighted by atomic mass is 16.5. The largest absolute Gasteiger partial charge is 0.385 e. The number of amides is 2. The molecule has 180 valence electrons. The van der Waals surface area contributed by atoms with Gasteiger partial charge in [0.25, 0.3) is 0 Å². The Hall–Kier alpha value is -1.63. The maximum atomic E-state index is 13.1. The molecule has 0 radical (unpaired) electrons. The summed E-state index contributed by atoms with van der Waals surface area (Å²) in [6, 6.07) is 10.5. The highest BCUT2D eigenvalue weighted by molar-refractivity contribution is 5.74. The van der Waals surface area contributed by atoms with E-state index in [4.69, 9.17) is 15.2 Å². The molecule has 6 nitrogen and oxygen atoms in total. The van der Waals surface area contributed by atoms with Crippen molar-refractivity contribution < 1.29 is 14.3 Å². The molecular weight excluding hydrogens is 402 g/mol. The smallest absolute Gasteiger partial charge is 0.317 e. The number of nitrogens with two attached hydrogens (primary N) is 1. The Morgan fingerprint density at radius 2 is 1.91 bits per heavy atom. The number of likely N-dealkylation sites (tertiary alicyclic amines) is 1. The van der Waals surface area contributed by atoms with E-state index in [2.05, 4.69) is 29.6 Å². The zero-order valence-electron chi connectivity index (χ0n) is 19.8. The molecule has 1 aliphatic heterocycles. The third-order valence-corrected chi connectivity index (χ3v) is 7.05. The summed E-state index contributed by atoms with van der Waals surface area (Å²) in [5, 5.41) is 3.25. The van der Waals surface area contributed by atoms with Crippen LogP contribution in [-0.4, -0.2) is 56.9 Å². The predicted molar refractivity (Wildman–Crippen MR) is 128 cm³/mol. The Balaban J connectivity index is 1.57. The lowest BCUT2D eigenvalue weighted by Gasteiger charge is -2.38. The first kappa shape index (κ1) is 25.0. The first-order valence-corrected chi connectivity index (χ1v) is 12.6. The molecule has 2 fully saturated rings. The van der Waals surface area contributed by atoms with Crippen LogP contribution in [0.25, 0.3) is 0 Å². The molecule has 1 saturated carbocycles. The van der Waals surface area contributed by atoms with Gasteiger partial charge in [0.15, 0.2) is 0 Å². The minimum atomic E-state index is -0.00352. The van der Waals surface area contributed by atoms with Gasteiger partial charge >= 0.3 is 6.03 Å². The average molecular weight is 446 g/mol. The Morgan fingerprint density at radius 3 is 2.62 bits per heavy atom. The van der Waals surface area contributed by atoms with Crippen LogP contribution in [0.4, 0.5) is 4.79 Å². The van der Waals surface area contributed by atoms with Gasteiger partial charge in [0.1, 0.15) is 0 Å². The number of ether oxygens (including phenoxy) is 2. The Kier molecular flexibility index (Phi) is 10.8. The van der Waals surface area contributed by atoms with Crippen molar-refractivity contribution in [3.8, 4) is 0 Å². The molecule has 2 aliphatic rings. The second-order valence-corrected chi connectivity index (χ2v) is 9.52. The monoisotopic (exact) mass is 445 g/mol. The number of methoxy groups -OCH3 is 1. The molecule has 1 heterocycles. The van der Waals surface area contributed by atoms with Crippen LogP contribution in [0.15, 0.2) is 30.3 Å². The van der Waals surface area contributed by atoms with Crippen molar-refractivity contribution in [2.45, 2.75) is 69.9 Å². The minimum absolute atomic E-state index is 0.00352. The Bertz CT molecular complexity index is 651. The van der Waals surface area contributed by atoms with E-state index in [0.29, 0.717) is 25.7 Å². The molecule has 0 bridgehead atoms. The van der Waals surface area contributed by atoms with E-state index in [9.17, 15) is 4.79 Å². The van der Waals surface area contributed by atoms with E-state index < -0.39 is 0 Å². The molecule has 2 amide bonds. The summed E-state index contributed by atoms with van der Waals surface area (Å²) in [7, 11) is 1.72. The number of hydrogen-bond acceptors (Lipinski definition) is 4. The first-order chi connectivity index (χ1) is 15.7. The van der Waals surface area contributed by atoms with E-state index in [-0.39, 0.29) is 24.1 Å². The fraction of sp³-hybridized carbons (Fsp3) is 0.731. The van der Waals surface area contributed by atoms with Crippen molar-refractivity contribution in [2.75, 3.05) is 40.0 Å². The number of benzene rings is 1. The van der Waals surface area contributed by atoms with Gasteiger partial charge in [0.2, 0.25) is 0 Å².